The monoisotopic (exact) mass is 260 g/mol. The molecule has 0 aliphatic heterocycles. The number of hydrogen-bond acceptors (Lipinski definition) is 3. The third kappa shape index (κ3) is 2.24. The second-order valence-corrected chi connectivity index (χ2v) is 5.97. The molecule has 94 valence electrons. The number of aldehydes is 1. The van der Waals surface area contributed by atoms with Crippen LogP contribution in [0.1, 0.15) is 38.2 Å². The Balaban J connectivity index is 2.53. The van der Waals surface area contributed by atoms with Crippen LogP contribution < -0.4 is 0 Å². The van der Waals surface area contributed by atoms with Crippen molar-refractivity contribution in [2.75, 3.05) is 0 Å². The molecule has 0 aliphatic rings. The van der Waals surface area contributed by atoms with Crippen LogP contribution in [-0.2, 0) is 5.60 Å². The van der Waals surface area contributed by atoms with Gasteiger partial charge in [0, 0.05) is 10.4 Å². The first-order chi connectivity index (χ1) is 8.45. The molecule has 0 saturated carbocycles. The van der Waals surface area contributed by atoms with Crippen LogP contribution in [0.2, 0.25) is 0 Å². The Bertz CT molecular complexity index is 582. The van der Waals surface area contributed by atoms with Gasteiger partial charge in [-0.15, -0.1) is 11.3 Å². The van der Waals surface area contributed by atoms with E-state index in [9.17, 15) is 9.90 Å². The average molecular weight is 260 g/mol. The molecule has 0 spiro atoms. The number of benzene rings is 1. The number of rotatable bonds is 3. The van der Waals surface area contributed by atoms with Gasteiger partial charge in [0.2, 0.25) is 0 Å². The van der Waals surface area contributed by atoms with E-state index in [0.29, 0.717) is 4.88 Å². The molecule has 0 bridgehead atoms. The van der Waals surface area contributed by atoms with Crippen molar-refractivity contribution < 1.29 is 9.90 Å². The summed E-state index contributed by atoms with van der Waals surface area (Å²) < 4.78 is 0. The number of aliphatic hydroxyl groups is 1. The van der Waals surface area contributed by atoms with Gasteiger partial charge in [-0.05, 0) is 32.4 Å². The summed E-state index contributed by atoms with van der Waals surface area (Å²) in [5.41, 5.74) is 1.70. The standard InChI is InChI=1S/C15H16O2S/c1-10-5-4-6-12(7-10)15(3,17)14-8-13(9-16)18-11(14)2/h4-9,17H,1-3H3. The normalized spacial score (nSPS) is 14.2. The van der Waals surface area contributed by atoms with Gasteiger partial charge in [-0.25, -0.2) is 0 Å². The van der Waals surface area contributed by atoms with Crippen LogP contribution >= 0.6 is 11.3 Å². The summed E-state index contributed by atoms with van der Waals surface area (Å²) in [6.45, 7) is 5.69. The summed E-state index contributed by atoms with van der Waals surface area (Å²) in [5, 5.41) is 10.8. The fourth-order valence-corrected chi connectivity index (χ4v) is 3.10. The molecule has 18 heavy (non-hydrogen) atoms. The van der Waals surface area contributed by atoms with Crippen LogP contribution in [0, 0.1) is 13.8 Å². The molecule has 0 amide bonds. The largest absolute Gasteiger partial charge is 0.381 e. The molecule has 2 rings (SSSR count). The van der Waals surface area contributed by atoms with Crippen molar-refractivity contribution in [2.45, 2.75) is 26.4 Å². The summed E-state index contributed by atoms with van der Waals surface area (Å²) in [6.07, 6.45) is 0.827. The topological polar surface area (TPSA) is 37.3 Å². The van der Waals surface area contributed by atoms with Gasteiger partial charge in [0.1, 0.15) is 5.60 Å². The minimum atomic E-state index is -1.06. The maximum Gasteiger partial charge on any atom is 0.160 e. The lowest BCUT2D eigenvalue weighted by Gasteiger charge is -2.24. The highest BCUT2D eigenvalue weighted by molar-refractivity contribution is 7.13. The SMILES string of the molecule is Cc1cccc(C(C)(O)c2cc(C=O)sc2C)c1. The Morgan fingerprint density at radius 2 is 2.00 bits per heavy atom. The van der Waals surface area contributed by atoms with E-state index in [1.807, 2.05) is 38.1 Å². The maximum atomic E-state index is 10.8. The predicted molar refractivity (Wildman–Crippen MR) is 74.3 cm³/mol. The molecular weight excluding hydrogens is 244 g/mol. The van der Waals surface area contributed by atoms with Gasteiger partial charge in [-0.3, -0.25) is 4.79 Å². The van der Waals surface area contributed by atoms with E-state index in [4.69, 9.17) is 0 Å². The number of carbonyl (C=O) groups is 1. The quantitative estimate of drug-likeness (QED) is 0.858. The first-order valence-corrected chi connectivity index (χ1v) is 6.62. The van der Waals surface area contributed by atoms with Gasteiger partial charge in [-0.2, -0.15) is 0 Å². The Hall–Kier alpha value is -1.45. The van der Waals surface area contributed by atoms with Crippen molar-refractivity contribution in [3.8, 4) is 0 Å². The van der Waals surface area contributed by atoms with Gasteiger partial charge < -0.3 is 5.11 Å². The summed E-state index contributed by atoms with van der Waals surface area (Å²) in [7, 11) is 0. The number of aryl methyl sites for hydroxylation is 2. The van der Waals surface area contributed by atoms with E-state index < -0.39 is 5.60 Å². The zero-order valence-corrected chi connectivity index (χ0v) is 11.5. The summed E-state index contributed by atoms with van der Waals surface area (Å²) >= 11 is 1.41. The first kappa shape index (κ1) is 13.0. The first-order valence-electron chi connectivity index (χ1n) is 5.80. The zero-order valence-electron chi connectivity index (χ0n) is 10.7. The van der Waals surface area contributed by atoms with Crippen LogP contribution in [0.15, 0.2) is 30.3 Å². The fourth-order valence-electron chi connectivity index (χ4n) is 2.15. The fraction of sp³-hybridized carbons (Fsp3) is 0.267. The summed E-state index contributed by atoms with van der Waals surface area (Å²) in [5.74, 6) is 0. The maximum absolute atomic E-state index is 10.8. The molecule has 1 atom stereocenters. The molecule has 0 saturated heterocycles. The third-order valence-electron chi connectivity index (χ3n) is 3.16. The molecular formula is C15H16O2S. The third-order valence-corrected chi connectivity index (χ3v) is 4.13. The number of thiophene rings is 1. The van der Waals surface area contributed by atoms with Gasteiger partial charge >= 0.3 is 0 Å². The second kappa shape index (κ2) is 4.67. The predicted octanol–water partition coefficient (Wildman–Crippen LogP) is 3.43. The van der Waals surface area contributed by atoms with Crippen molar-refractivity contribution in [3.05, 3.63) is 56.8 Å². The van der Waals surface area contributed by atoms with E-state index in [-0.39, 0.29) is 0 Å². The van der Waals surface area contributed by atoms with Crippen LogP contribution in [0.3, 0.4) is 0 Å². The van der Waals surface area contributed by atoms with Crippen molar-refractivity contribution in [1.29, 1.82) is 0 Å². The van der Waals surface area contributed by atoms with E-state index in [0.717, 1.165) is 27.9 Å². The number of hydrogen-bond donors (Lipinski definition) is 1. The van der Waals surface area contributed by atoms with Crippen molar-refractivity contribution >= 4 is 17.6 Å². The molecule has 1 aromatic carbocycles. The lowest BCUT2D eigenvalue weighted by atomic mass is 9.87. The highest BCUT2D eigenvalue weighted by Crippen LogP contribution is 2.35. The zero-order chi connectivity index (χ0) is 13.3. The van der Waals surface area contributed by atoms with Gasteiger partial charge in [0.25, 0.3) is 0 Å². The minimum Gasteiger partial charge on any atom is -0.381 e. The molecule has 2 nitrogen and oxygen atoms in total. The van der Waals surface area contributed by atoms with Gasteiger partial charge in [-0.1, -0.05) is 29.8 Å². The molecule has 2 aromatic rings. The van der Waals surface area contributed by atoms with Crippen LogP contribution in [0.25, 0.3) is 0 Å². The Morgan fingerprint density at radius 1 is 1.28 bits per heavy atom. The molecule has 0 radical (unpaired) electrons. The van der Waals surface area contributed by atoms with E-state index in [1.165, 1.54) is 11.3 Å². The van der Waals surface area contributed by atoms with E-state index >= 15 is 0 Å². The smallest absolute Gasteiger partial charge is 0.160 e. The summed E-state index contributed by atoms with van der Waals surface area (Å²) in [4.78, 5) is 12.4. The molecule has 1 heterocycles. The van der Waals surface area contributed by atoms with Crippen LogP contribution in [0.5, 0.6) is 0 Å². The average Bonchev–Trinajstić information content (AvgIpc) is 2.71. The molecule has 3 heteroatoms. The Kier molecular flexibility index (Phi) is 3.37. The summed E-state index contributed by atoms with van der Waals surface area (Å²) in [6, 6.07) is 9.58. The molecule has 1 unspecified atom stereocenters. The lowest BCUT2D eigenvalue weighted by molar-refractivity contribution is 0.102. The van der Waals surface area contributed by atoms with Gasteiger partial charge in [0.05, 0.1) is 4.88 Å². The Labute approximate surface area is 111 Å². The van der Waals surface area contributed by atoms with Crippen molar-refractivity contribution in [2.24, 2.45) is 0 Å². The van der Waals surface area contributed by atoms with Gasteiger partial charge in [0.15, 0.2) is 6.29 Å². The van der Waals surface area contributed by atoms with Crippen molar-refractivity contribution in [1.82, 2.24) is 0 Å². The molecule has 1 aromatic heterocycles. The van der Waals surface area contributed by atoms with Crippen LogP contribution in [-0.4, -0.2) is 11.4 Å². The Morgan fingerprint density at radius 3 is 2.56 bits per heavy atom. The molecule has 1 N–H and O–H groups in total. The number of carbonyl (C=O) groups excluding carboxylic acids is 1. The highest BCUT2D eigenvalue weighted by atomic mass is 32.1. The van der Waals surface area contributed by atoms with Crippen molar-refractivity contribution in [3.63, 3.8) is 0 Å². The van der Waals surface area contributed by atoms with E-state index in [2.05, 4.69) is 0 Å². The molecule has 0 aliphatic carbocycles. The van der Waals surface area contributed by atoms with E-state index in [1.54, 1.807) is 13.0 Å². The molecule has 0 fully saturated rings. The highest BCUT2D eigenvalue weighted by Gasteiger charge is 2.29. The lowest BCUT2D eigenvalue weighted by Crippen LogP contribution is -2.23. The van der Waals surface area contributed by atoms with Crippen LogP contribution in [0.4, 0.5) is 0 Å². The minimum absolute atomic E-state index is 0.649. The second-order valence-electron chi connectivity index (χ2n) is 4.68.